The van der Waals surface area contributed by atoms with Crippen molar-refractivity contribution in [3.63, 3.8) is 0 Å². The maximum Gasteiger partial charge on any atom is 0.320 e. The average Bonchev–Trinajstić information content (AvgIpc) is 2.17. The number of aliphatic hydroxyl groups excluding tert-OH is 1. The van der Waals surface area contributed by atoms with Crippen molar-refractivity contribution in [1.29, 1.82) is 0 Å². The molecular formula is C10H16N4O2. The topological polar surface area (TPSA) is 87.1 Å². The third-order valence-electron chi connectivity index (χ3n) is 2.00. The van der Waals surface area contributed by atoms with E-state index in [2.05, 4.69) is 20.8 Å². The molecule has 6 heteroatoms. The van der Waals surface area contributed by atoms with Gasteiger partial charge in [0.2, 0.25) is 0 Å². The molecule has 0 saturated carbocycles. The van der Waals surface area contributed by atoms with Crippen molar-refractivity contribution < 1.29 is 9.90 Å². The van der Waals surface area contributed by atoms with E-state index in [4.69, 9.17) is 5.11 Å². The van der Waals surface area contributed by atoms with E-state index in [1.54, 1.807) is 12.1 Å². The van der Waals surface area contributed by atoms with Crippen LogP contribution >= 0.6 is 0 Å². The molecule has 0 fully saturated rings. The van der Waals surface area contributed by atoms with Crippen LogP contribution in [0, 0.1) is 0 Å². The molecular weight excluding hydrogens is 208 g/mol. The Morgan fingerprint density at radius 3 is 2.88 bits per heavy atom. The smallest absolute Gasteiger partial charge is 0.320 e. The SMILES string of the molecule is CC(C)(CCO)NC(=O)Nc1cccnn1. The van der Waals surface area contributed by atoms with Gasteiger partial charge in [-0.2, -0.15) is 5.10 Å². The van der Waals surface area contributed by atoms with E-state index in [-0.39, 0.29) is 12.6 Å². The molecule has 1 aromatic heterocycles. The Balaban J connectivity index is 2.48. The van der Waals surface area contributed by atoms with Gasteiger partial charge in [-0.3, -0.25) is 5.32 Å². The van der Waals surface area contributed by atoms with Crippen LogP contribution in [-0.4, -0.2) is 33.5 Å². The van der Waals surface area contributed by atoms with Crippen LogP contribution < -0.4 is 10.6 Å². The highest BCUT2D eigenvalue weighted by molar-refractivity contribution is 5.88. The fraction of sp³-hybridized carbons (Fsp3) is 0.500. The molecule has 2 amide bonds. The summed E-state index contributed by atoms with van der Waals surface area (Å²) in [6, 6.07) is 2.96. The van der Waals surface area contributed by atoms with E-state index in [1.165, 1.54) is 6.20 Å². The number of nitrogens with zero attached hydrogens (tertiary/aromatic N) is 2. The number of aromatic nitrogens is 2. The molecule has 0 unspecified atom stereocenters. The van der Waals surface area contributed by atoms with Crippen LogP contribution in [0.25, 0.3) is 0 Å². The van der Waals surface area contributed by atoms with Crippen LogP contribution in [0.3, 0.4) is 0 Å². The molecule has 1 rings (SSSR count). The maximum atomic E-state index is 11.5. The molecule has 0 aliphatic carbocycles. The molecule has 0 aromatic carbocycles. The second-order valence-electron chi connectivity index (χ2n) is 4.05. The zero-order valence-electron chi connectivity index (χ0n) is 9.40. The van der Waals surface area contributed by atoms with Crippen LogP contribution in [0.4, 0.5) is 10.6 Å². The number of amides is 2. The number of anilines is 1. The van der Waals surface area contributed by atoms with E-state index in [0.29, 0.717) is 12.2 Å². The van der Waals surface area contributed by atoms with Gasteiger partial charge < -0.3 is 10.4 Å². The number of urea groups is 1. The van der Waals surface area contributed by atoms with Gasteiger partial charge in [-0.05, 0) is 32.4 Å². The highest BCUT2D eigenvalue weighted by Gasteiger charge is 2.19. The van der Waals surface area contributed by atoms with Gasteiger partial charge in [0.25, 0.3) is 0 Å². The quantitative estimate of drug-likeness (QED) is 0.704. The van der Waals surface area contributed by atoms with Gasteiger partial charge in [0.05, 0.1) is 0 Å². The third kappa shape index (κ3) is 4.22. The van der Waals surface area contributed by atoms with Crippen LogP contribution in [-0.2, 0) is 0 Å². The predicted octanol–water partition coefficient (Wildman–Crippen LogP) is 0.759. The van der Waals surface area contributed by atoms with E-state index in [1.807, 2.05) is 13.8 Å². The highest BCUT2D eigenvalue weighted by Crippen LogP contribution is 2.07. The fourth-order valence-electron chi connectivity index (χ4n) is 1.17. The molecule has 0 aliphatic heterocycles. The second kappa shape index (κ2) is 5.41. The normalized spacial score (nSPS) is 10.9. The molecule has 16 heavy (non-hydrogen) atoms. The molecule has 0 aliphatic rings. The van der Waals surface area contributed by atoms with Crippen molar-refractivity contribution >= 4 is 11.8 Å². The Hall–Kier alpha value is -1.69. The zero-order chi connectivity index (χ0) is 12.0. The third-order valence-corrected chi connectivity index (χ3v) is 2.00. The van der Waals surface area contributed by atoms with Gasteiger partial charge in [-0.15, -0.1) is 5.10 Å². The number of hydrogen-bond donors (Lipinski definition) is 3. The van der Waals surface area contributed by atoms with Crippen molar-refractivity contribution in [1.82, 2.24) is 15.5 Å². The van der Waals surface area contributed by atoms with Gasteiger partial charge >= 0.3 is 6.03 Å². The Morgan fingerprint density at radius 2 is 2.31 bits per heavy atom. The van der Waals surface area contributed by atoms with Crippen LogP contribution in [0.2, 0.25) is 0 Å². The van der Waals surface area contributed by atoms with E-state index in [0.717, 1.165) is 0 Å². The average molecular weight is 224 g/mol. The van der Waals surface area contributed by atoms with Crippen LogP contribution in [0.15, 0.2) is 18.3 Å². The molecule has 0 radical (unpaired) electrons. The Kier molecular flexibility index (Phi) is 4.19. The predicted molar refractivity (Wildman–Crippen MR) is 60.0 cm³/mol. The minimum atomic E-state index is -0.457. The van der Waals surface area contributed by atoms with Crippen LogP contribution in [0.5, 0.6) is 0 Å². The molecule has 3 N–H and O–H groups in total. The lowest BCUT2D eigenvalue weighted by Crippen LogP contribution is -2.46. The number of hydrogen-bond acceptors (Lipinski definition) is 4. The summed E-state index contributed by atoms with van der Waals surface area (Å²) in [7, 11) is 0. The van der Waals surface area contributed by atoms with Gasteiger partial charge in [0, 0.05) is 18.3 Å². The van der Waals surface area contributed by atoms with Gasteiger partial charge in [-0.1, -0.05) is 0 Å². The molecule has 1 aromatic rings. The standard InChI is InChI=1S/C10H16N4O2/c1-10(2,5-7-15)13-9(16)12-8-4-3-6-11-14-8/h3-4,6,15H,5,7H2,1-2H3,(H2,12,13,14,16). The first-order chi connectivity index (χ1) is 7.53. The summed E-state index contributed by atoms with van der Waals surface area (Å²) in [5.74, 6) is 0.389. The molecule has 0 bridgehead atoms. The molecule has 88 valence electrons. The Bertz CT molecular complexity index is 340. The first-order valence-electron chi connectivity index (χ1n) is 5.01. The number of nitrogens with one attached hydrogen (secondary N) is 2. The summed E-state index contributed by atoms with van der Waals surface area (Å²) in [4.78, 5) is 11.5. The van der Waals surface area contributed by atoms with E-state index < -0.39 is 5.54 Å². The molecule has 0 spiro atoms. The van der Waals surface area contributed by atoms with E-state index >= 15 is 0 Å². The van der Waals surface area contributed by atoms with Crippen molar-refractivity contribution in [2.24, 2.45) is 0 Å². The zero-order valence-corrected chi connectivity index (χ0v) is 9.40. The summed E-state index contributed by atoms with van der Waals surface area (Å²) in [5, 5.41) is 21.5. The minimum Gasteiger partial charge on any atom is -0.396 e. The fourth-order valence-corrected chi connectivity index (χ4v) is 1.17. The van der Waals surface area contributed by atoms with Crippen molar-refractivity contribution in [2.45, 2.75) is 25.8 Å². The summed E-state index contributed by atoms with van der Waals surface area (Å²) in [5.41, 5.74) is -0.457. The molecule has 1 heterocycles. The van der Waals surface area contributed by atoms with Crippen LogP contribution in [0.1, 0.15) is 20.3 Å². The summed E-state index contributed by atoms with van der Waals surface area (Å²) < 4.78 is 0. The summed E-state index contributed by atoms with van der Waals surface area (Å²) in [6.45, 7) is 3.69. The second-order valence-corrected chi connectivity index (χ2v) is 4.05. The van der Waals surface area contributed by atoms with Crippen molar-refractivity contribution in [3.8, 4) is 0 Å². The van der Waals surface area contributed by atoms with Gasteiger partial charge in [-0.25, -0.2) is 4.79 Å². The largest absolute Gasteiger partial charge is 0.396 e. The molecule has 0 atom stereocenters. The van der Waals surface area contributed by atoms with E-state index in [9.17, 15) is 4.79 Å². The summed E-state index contributed by atoms with van der Waals surface area (Å²) in [6.07, 6.45) is 2.01. The Labute approximate surface area is 94.1 Å². The molecule has 6 nitrogen and oxygen atoms in total. The maximum absolute atomic E-state index is 11.5. The lowest BCUT2D eigenvalue weighted by molar-refractivity contribution is 0.218. The lowest BCUT2D eigenvalue weighted by Gasteiger charge is -2.25. The lowest BCUT2D eigenvalue weighted by atomic mass is 10.0. The number of aliphatic hydroxyl groups is 1. The number of rotatable bonds is 4. The monoisotopic (exact) mass is 224 g/mol. The van der Waals surface area contributed by atoms with Gasteiger partial charge in [0.15, 0.2) is 5.82 Å². The van der Waals surface area contributed by atoms with Crippen molar-refractivity contribution in [3.05, 3.63) is 18.3 Å². The van der Waals surface area contributed by atoms with Gasteiger partial charge in [0.1, 0.15) is 0 Å². The number of carbonyl (C=O) groups excluding carboxylic acids is 1. The van der Waals surface area contributed by atoms with Crippen molar-refractivity contribution in [2.75, 3.05) is 11.9 Å². The highest BCUT2D eigenvalue weighted by atomic mass is 16.3. The minimum absolute atomic E-state index is 0.0262. The summed E-state index contributed by atoms with van der Waals surface area (Å²) >= 11 is 0. The number of carbonyl (C=O) groups is 1. The molecule has 0 saturated heterocycles. The first-order valence-corrected chi connectivity index (χ1v) is 5.01. The first kappa shape index (κ1) is 12.4. The Morgan fingerprint density at radius 1 is 1.56 bits per heavy atom.